The number of nitriles is 1. The molecule has 0 aromatic rings. The third-order valence-corrected chi connectivity index (χ3v) is 2.71. The highest BCUT2D eigenvalue weighted by Gasteiger charge is 2.23. The summed E-state index contributed by atoms with van der Waals surface area (Å²) < 4.78 is 0. The van der Waals surface area contributed by atoms with E-state index in [9.17, 15) is 0 Å². The van der Waals surface area contributed by atoms with Crippen LogP contribution in [0.1, 0.15) is 26.7 Å². The first-order valence-electron chi connectivity index (χ1n) is 5.59. The maximum atomic E-state index is 8.66. The van der Waals surface area contributed by atoms with Gasteiger partial charge in [0.15, 0.2) is 0 Å². The highest BCUT2D eigenvalue weighted by molar-refractivity contribution is 4.86. The fraction of sp³-hybridized carbons (Fsp3) is 0.909. The Kier molecular flexibility index (Phi) is 4.92. The lowest BCUT2D eigenvalue weighted by molar-refractivity contribution is 0.165. The van der Waals surface area contributed by atoms with E-state index >= 15 is 0 Å². The minimum atomic E-state index is 0.578. The van der Waals surface area contributed by atoms with Crippen LogP contribution in [0.4, 0.5) is 0 Å². The summed E-state index contributed by atoms with van der Waals surface area (Å²) in [5, 5.41) is 12.2. The van der Waals surface area contributed by atoms with Crippen LogP contribution in [0.3, 0.4) is 0 Å². The van der Waals surface area contributed by atoms with Gasteiger partial charge in [-0.1, -0.05) is 13.8 Å². The number of nitrogens with zero attached hydrogens (tertiary/aromatic N) is 2. The van der Waals surface area contributed by atoms with E-state index in [4.69, 9.17) is 5.26 Å². The highest BCUT2D eigenvalue weighted by Crippen LogP contribution is 2.15. The van der Waals surface area contributed by atoms with Crippen molar-refractivity contribution in [3.05, 3.63) is 0 Å². The van der Waals surface area contributed by atoms with Crippen molar-refractivity contribution in [3.8, 4) is 6.07 Å². The van der Waals surface area contributed by atoms with Gasteiger partial charge in [0, 0.05) is 19.1 Å². The standard InChI is InChI=1S/C11H21N3/c1-3-5-13-11-7-10(2)8-14(9-11)6-4-12/h10-11,13H,3,5-9H2,1-2H3. The Morgan fingerprint density at radius 1 is 1.50 bits per heavy atom. The predicted molar refractivity (Wildman–Crippen MR) is 57.9 cm³/mol. The molecule has 0 aromatic heterocycles. The molecule has 1 N–H and O–H groups in total. The van der Waals surface area contributed by atoms with Crippen molar-refractivity contribution in [2.75, 3.05) is 26.2 Å². The van der Waals surface area contributed by atoms with E-state index in [1.807, 2.05) is 0 Å². The average Bonchev–Trinajstić information content (AvgIpc) is 2.14. The Bertz CT molecular complexity index is 197. The highest BCUT2D eigenvalue weighted by atomic mass is 15.2. The van der Waals surface area contributed by atoms with E-state index in [-0.39, 0.29) is 0 Å². The van der Waals surface area contributed by atoms with Crippen LogP contribution in [0.15, 0.2) is 0 Å². The summed E-state index contributed by atoms with van der Waals surface area (Å²) in [6, 6.07) is 2.82. The van der Waals surface area contributed by atoms with E-state index < -0.39 is 0 Å². The third-order valence-electron chi connectivity index (χ3n) is 2.71. The third kappa shape index (κ3) is 3.65. The van der Waals surface area contributed by atoms with Crippen LogP contribution in [-0.4, -0.2) is 37.1 Å². The first kappa shape index (κ1) is 11.5. The number of nitrogens with one attached hydrogen (secondary N) is 1. The normalized spacial score (nSPS) is 28.6. The van der Waals surface area contributed by atoms with Gasteiger partial charge in [-0.15, -0.1) is 0 Å². The topological polar surface area (TPSA) is 39.1 Å². The molecule has 1 heterocycles. The molecule has 0 bridgehead atoms. The van der Waals surface area contributed by atoms with Crippen molar-refractivity contribution in [2.45, 2.75) is 32.7 Å². The van der Waals surface area contributed by atoms with Crippen molar-refractivity contribution in [1.82, 2.24) is 10.2 Å². The predicted octanol–water partition coefficient (Wildman–Crippen LogP) is 1.22. The molecule has 0 aromatic carbocycles. The Labute approximate surface area is 87.1 Å². The molecule has 1 rings (SSSR count). The van der Waals surface area contributed by atoms with Gasteiger partial charge in [0.05, 0.1) is 12.6 Å². The molecule has 2 atom stereocenters. The van der Waals surface area contributed by atoms with Crippen molar-refractivity contribution >= 4 is 0 Å². The average molecular weight is 195 g/mol. The SMILES string of the molecule is CCCNC1CC(C)CN(CC#N)C1. The van der Waals surface area contributed by atoms with Crippen molar-refractivity contribution < 1.29 is 0 Å². The fourth-order valence-electron chi connectivity index (χ4n) is 2.19. The van der Waals surface area contributed by atoms with Gasteiger partial charge in [0.1, 0.15) is 0 Å². The Morgan fingerprint density at radius 3 is 2.93 bits per heavy atom. The van der Waals surface area contributed by atoms with E-state index in [0.717, 1.165) is 19.6 Å². The molecular weight excluding hydrogens is 174 g/mol. The summed E-state index contributed by atoms with van der Waals surface area (Å²) in [7, 11) is 0. The van der Waals surface area contributed by atoms with Crippen LogP contribution in [-0.2, 0) is 0 Å². The second-order valence-electron chi connectivity index (χ2n) is 4.34. The number of hydrogen-bond acceptors (Lipinski definition) is 3. The van der Waals surface area contributed by atoms with Crippen LogP contribution < -0.4 is 5.32 Å². The molecule has 0 radical (unpaired) electrons. The molecule has 0 saturated carbocycles. The van der Waals surface area contributed by atoms with Gasteiger partial charge < -0.3 is 5.32 Å². The van der Waals surface area contributed by atoms with E-state index in [1.165, 1.54) is 12.8 Å². The Morgan fingerprint density at radius 2 is 2.29 bits per heavy atom. The van der Waals surface area contributed by atoms with Crippen LogP contribution in [0.2, 0.25) is 0 Å². The van der Waals surface area contributed by atoms with Gasteiger partial charge in [-0.25, -0.2) is 0 Å². The molecule has 80 valence electrons. The molecule has 0 spiro atoms. The molecule has 2 unspecified atom stereocenters. The zero-order valence-corrected chi connectivity index (χ0v) is 9.29. The maximum absolute atomic E-state index is 8.66. The van der Waals surface area contributed by atoms with Crippen molar-refractivity contribution in [3.63, 3.8) is 0 Å². The van der Waals surface area contributed by atoms with Gasteiger partial charge in [-0.3, -0.25) is 4.90 Å². The van der Waals surface area contributed by atoms with Gasteiger partial charge in [0.2, 0.25) is 0 Å². The molecular formula is C11H21N3. The molecule has 0 amide bonds. The molecule has 1 aliphatic rings. The van der Waals surface area contributed by atoms with Crippen LogP contribution in [0.25, 0.3) is 0 Å². The van der Waals surface area contributed by atoms with Crippen LogP contribution in [0, 0.1) is 17.2 Å². The van der Waals surface area contributed by atoms with Gasteiger partial charge in [0.25, 0.3) is 0 Å². The second kappa shape index (κ2) is 6.00. The zero-order valence-electron chi connectivity index (χ0n) is 9.29. The zero-order chi connectivity index (χ0) is 10.4. The lowest BCUT2D eigenvalue weighted by atomic mass is 9.96. The molecule has 1 fully saturated rings. The molecule has 14 heavy (non-hydrogen) atoms. The molecule has 0 aliphatic carbocycles. The summed E-state index contributed by atoms with van der Waals surface area (Å²) in [4.78, 5) is 2.25. The molecule has 1 saturated heterocycles. The fourth-order valence-corrected chi connectivity index (χ4v) is 2.19. The van der Waals surface area contributed by atoms with Gasteiger partial charge >= 0.3 is 0 Å². The monoisotopic (exact) mass is 195 g/mol. The first-order valence-corrected chi connectivity index (χ1v) is 5.59. The second-order valence-corrected chi connectivity index (χ2v) is 4.34. The lowest BCUT2D eigenvalue weighted by Crippen LogP contribution is -2.48. The summed E-state index contributed by atoms with van der Waals surface area (Å²) >= 11 is 0. The quantitative estimate of drug-likeness (QED) is 0.686. The Balaban J connectivity index is 2.34. The summed E-state index contributed by atoms with van der Waals surface area (Å²) in [6.07, 6.45) is 2.44. The van der Waals surface area contributed by atoms with E-state index in [1.54, 1.807) is 0 Å². The maximum Gasteiger partial charge on any atom is 0.0866 e. The lowest BCUT2D eigenvalue weighted by Gasteiger charge is -2.35. The molecule has 1 aliphatic heterocycles. The van der Waals surface area contributed by atoms with Crippen LogP contribution in [0.5, 0.6) is 0 Å². The minimum absolute atomic E-state index is 0.578. The van der Waals surface area contributed by atoms with Gasteiger partial charge in [-0.05, 0) is 25.3 Å². The van der Waals surface area contributed by atoms with E-state index in [0.29, 0.717) is 18.5 Å². The summed E-state index contributed by atoms with van der Waals surface area (Å²) in [5.74, 6) is 0.714. The molecule has 3 nitrogen and oxygen atoms in total. The van der Waals surface area contributed by atoms with E-state index in [2.05, 4.69) is 30.1 Å². The molecule has 3 heteroatoms. The minimum Gasteiger partial charge on any atom is -0.313 e. The number of likely N-dealkylation sites (tertiary alicyclic amines) is 1. The number of rotatable bonds is 4. The summed E-state index contributed by atoms with van der Waals surface area (Å²) in [6.45, 7) is 8.25. The van der Waals surface area contributed by atoms with Crippen molar-refractivity contribution in [2.24, 2.45) is 5.92 Å². The Hall–Kier alpha value is -0.590. The van der Waals surface area contributed by atoms with Crippen LogP contribution >= 0.6 is 0 Å². The summed E-state index contributed by atoms with van der Waals surface area (Å²) in [5.41, 5.74) is 0. The largest absolute Gasteiger partial charge is 0.313 e. The first-order chi connectivity index (χ1) is 6.76. The van der Waals surface area contributed by atoms with Gasteiger partial charge in [-0.2, -0.15) is 5.26 Å². The smallest absolute Gasteiger partial charge is 0.0866 e. The number of piperidine rings is 1. The number of hydrogen-bond donors (Lipinski definition) is 1. The van der Waals surface area contributed by atoms with Crippen molar-refractivity contribution in [1.29, 1.82) is 5.26 Å².